The number of nitrogens with two attached hydrogens (primary N) is 1. The van der Waals surface area contributed by atoms with Crippen molar-refractivity contribution in [1.29, 1.82) is 5.41 Å². The molecule has 6 heteroatoms. The third kappa shape index (κ3) is 3.23. The van der Waals surface area contributed by atoms with Gasteiger partial charge in [0.05, 0.1) is 23.1 Å². The lowest BCUT2D eigenvalue weighted by molar-refractivity contribution is -0.114. The van der Waals surface area contributed by atoms with Crippen molar-refractivity contribution in [2.45, 2.75) is 18.9 Å². The molecular weight excluding hydrogens is 244 g/mol. The lowest BCUT2D eigenvalue weighted by Crippen LogP contribution is -2.29. The first-order valence-corrected chi connectivity index (χ1v) is 6.26. The van der Waals surface area contributed by atoms with E-state index in [1.807, 2.05) is 12.1 Å². The number of H-pyrrole nitrogens is 1. The monoisotopic (exact) mass is 262 g/mol. The lowest BCUT2D eigenvalue weighted by atomic mass is 10.1. The molecule has 0 aromatic carbocycles. The Hall–Kier alpha value is -2.08. The maximum Gasteiger partial charge on any atom is 0.252 e. The Morgan fingerprint density at radius 2 is 2.53 bits per heavy atom. The minimum absolute atomic E-state index is 0.143. The maximum atomic E-state index is 11.4. The second-order valence-electron chi connectivity index (χ2n) is 4.40. The van der Waals surface area contributed by atoms with Crippen molar-refractivity contribution in [3.8, 4) is 0 Å². The predicted octanol–water partition coefficient (Wildman–Crippen LogP) is 0.629. The van der Waals surface area contributed by atoms with Gasteiger partial charge in [0.1, 0.15) is 0 Å². The molecule has 1 atom stereocenters. The van der Waals surface area contributed by atoms with Gasteiger partial charge in [0.15, 0.2) is 0 Å². The van der Waals surface area contributed by atoms with Crippen molar-refractivity contribution < 1.29 is 9.53 Å². The average Bonchev–Trinajstić information content (AvgIpc) is 3.06. The van der Waals surface area contributed by atoms with Crippen LogP contribution in [0.2, 0.25) is 0 Å². The highest BCUT2D eigenvalue weighted by atomic mass is 16.5. The first-order valence-electron chi connectivity index (χ1n) is 6.26. The molecule has 1 aromatic rings. The molecule has 1 aromatic heterocycles. The first kappa shape index (κ1) is 13.4. The number of hydrogen-bond donors (Lipinski definition) is 4. The number of aromatic nitrogens is 1. The quantitative estimate of drug-likeness (QED) is 0.446. The zero-order valence-electron chi connectivity index (χ0n) is 10.6. The number of ether oxygens (including phenoxy) is 1. The van der Waals surface area contributed by atoms with Gasteiger partial charge in [-0.2, -0.15) is 0 Å². The normalized spacial score (nSPS) is 19.9. The number of primary amides is 1. The highest BCUT2D eigenvalue weighted by molar-refractivity contribution is 6.16. The van der Waals surface area contributed by atoms with Crippen molar-refractivity contribution in [2.24, 2.45) is 5.73 Å². The van der Waals surface area contributed by atoms with Gasteiger partial charge in [-0.05, 0) is 25.0 Å². The van der Waals surface area contributed by atoms with Crippen molar-refractivity contribution in [3.05, 3.63) is 29.6 Å². The standard InChI is InChI=1S/C13H18N4O2/c14-7-10(13(15)18)12(11-4-1-5-16-11)17-8-9-3-2-6-19-9/h1,4-5,7,9,14,16-17H,2-3,6,8H2,(H2,15,18)/b12-10-,14-7?. The largest absolute Gasteiger partial charge is 0.380 e. The Morgan fingerprint density at radius 1 is 1.68 bits per heavy atom. The Balaban J connectivity index is 2.19. The predicted molar refractivity (Wildman–Crippen MR) is 72.7 cm³/mol. The Kier molecular flexibility index (Phi) is 4.35. The summed E-state index contributed by atoms with van der Waals surface area (Å²) >= 11 is 0. The molecule has 0 aliphatic carbocycles. The van der Waals surface area contributed by atoms with Gasteiger partial charge in [-0.25, -0.2) is 0 Å². The Morgan fingerprint density at radius 3 is 3.05 bits per heavy atom. The van der Waals surface area contributed by atoms with Gasteiger partial charge in [-0.15, -0.1) is 0 Å². The topological polar surface area (TPSA) is 104 Å². The maximum absolute atomic E-state index is 11.4. The Bertz CT molecular complexity index is 473. The number of nitrogens with one attached hydrogen (secondary N) is 3. The summed E-state index contributed by atoms with van der Waals surface area (Å²) in [4.78, 5) is 14.4. The molecule has 1 saturated heterocycles. The Labute approximate surface area is 111 Å². The zero-order valence-corrected chi connectivity index (χ0v) is 10.6. The van der Waals surface area contributed by atoms with Crippen LogP contribution in [-0.4, -0.2) is 36.4 Å². The summed E-state index contributed by atoms with van der Waals surface area (Å²) in [7, 11) is 0. The van der Waals surface area contributed by atoms with E-state index in [0.29, 0.717) is 12.2 Å². The first-order chi connectivity index (χ1) is 9.22. The van der Waals surface area contributed by atoms with Crippen LogP contribution in [-0.2, 0) is 9.53 Å². The molecule has 5 N–H and O–H groups in total. The fraction of sp³-hybridized carbons (Fsp3) is 0.385. The summed E-state index contributed by atoms with van der Waals surface area (Å²) in [5.74, 6) is -0.626. The summed E-state index contributed by atoms with van der Waals surface area (Å²) in [5, 5.41) is 10.5. The van der Waals surface area contributed by atoms with E-state index in [0.717, 1.165) is 31.4 Å². The van der Waals surface area contributed by atoms with Crippen LogP contribution >= 0.6 is 0 Å². The van der Waals surface area contributed by atoms with Gasteiger partial charge >= 0.3 is 0 Å². The van der Waals surface area contributed by atoms with E-state index in [4.69, 9.17) is 15.9 Å². The van der Waals surface area contributed by atoms with E-state index in [1.165, 1.54) is 0 Å². The van der Waals surface area contributed by atoms with Gasteiger partial charge in [0, 0.05) is 25.6 Å². The zero-order chi connectivity index (χ0) is 13.7. The molecule has 1 aliphatic rings. The number of carbonyl (C=O) groups excluding carboxylic acids is 1. The third-order valence-electron chi connectivity index (χ3n) is 3.08. The molecule has 1 aliphatic heterocycles. The number of amides is 1. The molecule has 19 heavy (non-hydrogen) atoms. The second-order valence-corrected chi connectivity index (χ2v) is 4.40. The van der Waals surface area contributed by atoms with Crippen LogP contribution in [0.5, 0.6) is 0 Å². The van der Waals surface area contributed by atoms with Gasteiger partial charge < -0.3 is 26.2 Å². The molecule has 2 rings (SSSR count). The van der Waals surface area contributed by atoms with E-state index in [1.54, 1.807) is 6.20 Å². The molecule has 0 spiro atoms. The summed E-state index contributed by atoms with van der Waals surface area (Å²) < 4.78 is 5.53. The lowest BCUT2D eigenvalue weighted by Gasteiger charge is -2.15. The SMILES string of the molecule is N=C/C(C(N)=O)=C(/NCC1CCCO1)c1ccc[nH]1. The molecule has 0 saturated carbocycles. The van der Waals surface area contributed by atoms with Crippen molar-refractivity contribution in [3.63, 3.8) is 0 Å². The summed E-state index contributed by atoms with van der Waals surface area (Å²) in [6.07, 6.45) is 4.93. The second kappa shape index (κ2) is 6.19. The number of carbonyl (C=O) groups is 1. The highest BCUT2D eigenvalue weighted by Crippen LogP contribution is 2.16. The number of aromatic amines is 1. The summed E-state index contributed by atoms with van der Waals surface area (Å²) in [5.41, 5.74) is 6.73. The van der Waals surface area contributed by atoms with Crippen LogP contribution in [0.1, 0.15) is 18.5 Å². The summed E-state index contributed by atoms with van der Waals surface area (Å²) in [6, 6.07) is 3.65. The van der Waals surface area contributed by atoms with Crippen molar-refractivity contribution in [1.82, 2.24) is 10.3 Å². The van der Waals surface area contributed by atoms with Crippen LogP contribution in [0.25, 0.3) is 5.70 Å². The van der Waals surface area contributed by atoms with E-state index in [9.17, 15) is 4.79 Å². The van der Waals surface area contributed by atoms with Crippen LogP contribution in [0.15, 0.2) is 23.9 Å². The molecule has 1 unspecified atom stereocenters. The molecule has 1 amide bonds. The molecule has 2 heterocycles. The molecule has 0 bridgehead atoms. The van der Waals surface area contributed by atoms with Crippen molar-refractivity contribution >= 4 is 17.8 Å². The average molecular weight is 262 g/mol. The number of hydrogen-bond acceptors (Lipinski definition) is 4. The molecular formula is C13H18N4O2. The van der Waals surface area contributed by atoms with E-state index in [2.05, 4.69) is 10.3 Å². The fourth-order valence-corrected chi connectivity index (χ4v) is 2.11. The van der Waals surface area contributed by atoms with Crippen LogP contribution < -0.4 is 11.1 Å². The highest BCUT2D eigenvalue weighted by Gasteiger charge is 2.18. The minimum Gasteiger partial charge on any atom is -0.380 e. The van der Waals surface area contributed by atoms with Crippen LogP contribution in [0.4, 0.5) is 0 Å². The minimum atomic E-state index is -0.626. The van der Waals surface area contributed by atoms with Gasteiger partial charge in [-0.3, -0.25) is 4.79 Å². The third-order valence-corrected chi connectivity index (χ3v) is 3.08. The van der Waals surface area contributed by atoms with Gasteiger partial charge in [-0.1, -0.05) is 0 Å². The fourth-order valence-electron chi connectivity index (χ4n) is 2.11. The van der Waals surface area contributed by atoms with Crippen LogP contribution in [0.3, 0.4) is 0 Å². The molecule has 0 radical (unpaired) electrons. The number of rotatable bonds is 6. The summed E-state index contributed by atoms with van der Waals surface area (Å²) in [6.45, 7) is 1.38. The van der Waals surface area contributed by atoms with E-state index in [-0.39, 0.29) is 11.7 Å². The molecule has 1 fully saturated rings. The van der Waals surface area contributed by atoms with E-state index < -0.39 is 5.91 Å². The molecule has 6 nitrogen and oxygen atoms in total. The smallest absolute Gasteiger partial charge is 0.252 e. The van der Waals surface area contributed by atoms with Gasteiger partial charge in [0.2, 0.25) is 0 Å². The van der Waals surface area contributed by atoms with E-state index >= 15 is 0 Å². The van der Waals surface area contributed by atoms with Crippen molar-refractivity contribution in [2.75, 3.05) is 13.2 Å². The van der Waals surface area contributed by atoms with Gasteiger partial charge in [0.25, 0.3) is 5.91 Å². The molecule has 102 valence electrons. The van der Waals surface area contributed by atoms with Crippen LogP contribution in [0, 0.1) is 5.41 Å².